The second-order valence-electron chi connectivity index (χ2n) is 7.13. The molecule has 0 aliphatic rings. The number of Topliss-reactive ketones (excluding diaryl/α,β-unsaturated/α-hetero) is 1. The average molecular weight is 442 g/mol. The molecule has 0 atom stereocenters. The lowest BCUT2D eigenvalue weighted by molar-refractivity contribution is 0.0524. The van der Waals surface area contributed by atoms with Gasteiger partial charge in [-0.1, -0.05) is 23.7 Å². The molecule has 31 heavy (non-hydrogen) atoms. The minimum atomic E-state index is -0.631. The molecular weight excluding hydrogens is 418 g/mol. The smallest absolute Gasteiger partial charge is 0.344 e. The molecule has 0 fully saturated rings. The third-order valence-corrected chi connectivity index (χ3v) is 5.02. The number of carbonyl (C=O) groups excluding carboxylic acids is 2. The number of esters is 1. The van der Waals surface area contributed by atoms with Gasteiger partial charge in [0.1, 0.15) is 23.0 Å². The van der Waals surface area contributed by atoms with Crippen molar-refractivity contribution in [1.29, 1.82) is 0 Å². The average Bonchev–Trinajstić information content (AvgIpc) is 3.02. The molecule has 0 bridgehead atoms. The van der Waals surface area contributed by atoms with Crippen molar-refractivity contribution in [3.63, 3.8) is 0 Å². The molecule has 0 saturated heterocycles. The molecule has 0 amide bonds. The molecule has 2 heterocycles. The van der Waals surface area contributed by atoms with E-state index in [4.69, 9.17) is 20.8 Å². The van der Waals surface area contributed by atoms with E-state index in [0.717, 1.165) is 16.8 Å². The number of anilines is 2. The summed E-state index contributed by atoms with van der Waals surface area (Å²) in [6.45, 7) is 8.57. The van der Waals surface area contributed by atoms with Crippen LogP contribution in [0.5, 0.6) is 0 Å². The molecule has 0 unspecified atom stereocenters. The number of aromatic nitrogens is 2. The highest BCUT2D eigenvalue weighted by Crippen LogP contribution is 2.32. The topological polar surface area (TPSA) is 94.3 Å². The zero-order valence-electron chi connectivity index (χ0n) is 18.1. The SMILES string of the molecule is CCOC(=O)c1c(Nc2nc(C)nc(C)c2Cc2ccc(Cl)cc2)oc(C)c1C(C)=O. The second kappa shape index (κ2) is 9.31. The molecule has 7 nitrogen and oxygen atoms in total. The Labute approximate surface area is 185 Å². The van der Waals surface area contributed by atoms with Crippen LogP contribution >= 0.6 is 11.6 Å². The normalized spacial score (nSPS) is 10.8. The van der Waals surface area contributed by atoms with Crippen molar-refractivity contribution in [3.05, 3.63) is 68.8 Å². The Morgan fingerprint density at radius 1 is 1.10 bits per heavy atom. The fraction of sp³-hybridized carbons (Fsp3) is 0.304. The maximum atomic E-state index is 12.6. The number of carbonyl (C=O) groups is 2. The summed E-state index contributed by atoms with van der Waals surface area (Å²) in [5.41, 5.74) is 2.91. The van der Waals surface area contributed by atoms with E-state index >= 15 is 0 Å². The van der Waals surface area contributed by atoms with Gasteiger partial charge in [-0.2, -0.15) is 0 Å². The van der Waals surface area contributed by atoms with Crippen LogP contribution in [0.25, 0.3) is 0 Å². The minimum Gasteiger partial charge on any atom is -0.462 e. The van der Waals surface area contributed by atoms with Crippen molar-refractivity contribution in [2.45, 2.75) is 41.0 Å². The van der Waals surface area contributed by atoms with Crippen LogP contribution in [0.4, 0.5) is 11.7 Å². The quantitative estimate of drug-likeness (QED) is 0.389. The van der Waals surface area contributed by atoms with Crippen LogP contribution in [0.15, 0.2) is 28.7 Å². The highest BCUT2D eigenvalue weighted by atomic mass is 35.5. The lowest BCUT2D eigenvalue weighted by Crippen LogP contribution is -2.12. The minimum absolute atomic E-state index is 0.0678. The van der Waals surface area contributed by atoms with Gasteiger partial charge >= 0.3 is 5.97 Å². The van der Waals surface area contributed by atoms with Gasteiger partial charge in [0, 0.05) is 22.7 Å². The molecule has 3 rings (SSSR count). The van der Waals surface area contributed by atoms with Crippen molar-refractivity contribution >= 4 is 35.1 Å². The van der Waals surface area contributed by atoms with E-state index in [1.54, 1.807) is 20.8 Å². The van der Waals surface area contributed by atoms with Gasteiger partial charge in [-0.3, -0.25) is 4.79 Å². The van der Waals surface area contributed by atoms with Crippen molar-refractivity contribution in [2.75, 3.05) is 11.9 Å². The van der Waals surface area contributed by atoms with E-state index in [-0.39, 0.29) is 29.4 Å². The van der Waals surface area contributed by atoms with E-state index in [2.05, 4.69) is 15.3 Å². The lowest BCUT2D eigenvalue weighted by atomic mass is 10.0. The molecule has 162 valence electrons. The molecule has 1 aromatic carbocycles. The Kier molecular flexibility index (Phi) is 6.75. The monoisotopic (exact) mass is 441 g/mol. The summed E-state index contributed by atoms with van der Waals surface area (Å²) >= 11 is 6.00. The van der Waals surface area contributed by atoms with Crippen LogP contribution in [0, 0.1) is 20.8 Å². The number of rotatable bonds is 7. The van der Waals surface area contributed by atoms with Crippen LogP contribution in [-0.2, 0) is 11.2 Å². The predicted molar refractivity (Wildman–Crippen MR) is 118 cm³/mol. The van der Waals surface area contributed by atoms with Crippen molar-refractivity contribution in [3.8, 4) is 0 Å². The molecular formula is C23H24ClN3O4. The van der Waals surface area contributed by atoms with Gasteiger partial charge < -0.3 is 14.5 Å². The molecule has 0 saturated carbocycles. The molecule has 2 aromatic heterocycles. The number of nitrogens with one attached hydrogen (secondary N) is 1. The Hall–Kier alpha value is -3.19. The first-order valence-electron chi connectivity index (χ1n) is 9.88. The van der Waals surface area contributed by atoms with Crippen molar-refractivity contribution < 1.29 is 18.7 Å². The van der Waals surface area contributed by atoms with Crippen LogP contribution in [0.2, 0.25) is 5.02 Å². The Morgan fingerprint density at radius 2 is 1.77 bits per heavy atom. The first kappa shape index (κ1) is 22.5. The first-order valence-corrected chi connectivity index (χ1v) is 10.3. The number of nitrogens with zero attached hydrogens (tertiary/aromatic N) is 2. The second-order valence-corrected chi connectivity index (χ2v) is 7.56. The van der Waals surface area contributed by atoms with E-state index in [0.29, 0.717) is 28.8 Å². The third kappa shape index (κ3) is 4.94. The summed E-state index contributed by atoms with van der Waals surface area (Å²) in [6, 6.07) is 7.51. The van der Waals surface area contributed by atoms with Gasteiger partial charge in [0.2, 0.25) is 5.88 Å². The van der Waals surface area contributed by atoms with E-state index in [1.807, 2.05) is 31.2 Å². The fourth-order valence-electron chi connectivity index (χ4n) is 3.42. The van der Waals surface area contributed by atoms with Gasteiger partial charge in [-0.15, -0.1) is 0 Å². The lowest BCUT2D eigenvalue weighted by Gasteiger charge is -2.14. The number of ether oxygens (including phenoxy) is 1. The number of hydrogen-bond acceptors (Lipinski definition) is 7. The Balaban J connectivity index is 2.08. The van der Waals surface area contributed by atoms with Crippen molar-refractivity contribution in [1.82, 2.24) is 9.97 Å². The molecule has 8 heteroatoms. The molecule has 3 aromatic rings. The summed E-state index contributed by atoms with van der Waals surface area (Å²) < 4.78 is 10.9. The molecule has 0 aliphatic carbocycles. The number of hydrogen-bond donors (Lipinski definition) is 1. The fourth-order valence-corrected chi connectivity index (χ4v) is 3.55. The summed E-state index contributed by atoms with van der Waals surface area (Å²) in [7, 11) is 0. The zero-order chi connectivity index (χ0) is 22.7. The van der Waals surface area contributed by atoms with Gasteiger partial charge in [0.25, 0.3) is 0 Å². The van der Waals surface area contributed by atoms with Crippen LogP contribution in [0.3, 0.4) is 0 Å². The number of halogens is 1. The summed E-state index contributed by atoms with van der Waals surface area (Å²) in [6.07, 6.45) is 0.541. The van der Waals surface area contributed by atoms with E-state index in [1.165, 1.54) is 6.92 Å². The molecule has 0 radical (unpaired) electrons. The zero-order valence-corrected chi connectivity index (χ0v) is 18.9. The third-order valence-electron chi connectivity index (χ3n) is 4.77. The highest BCUT2D eigenvalue weighted by Gasteiger charge is 2.28. The van der Waals surface area contributed by atoms with Gasteiger partial charge in [-0.05, 0) is 52.3 Å². The van der Waals surface area contributed by atoms with E-state index < -0.39 is 5.97 Å². The van der Waals surface area contributed by atoms with Gasteiger partial charge in [0.05, 0.1) is 12.2 Å². The number of furan rings is 1. The summed E-state index contributed by atoms with van der Waals surface area (Å²) in [4.78, 5) is 33.8. The first-order chi connectivity index (χ1) is 14.7. The van der Waals surface area contributed by atoms with Crippen LogP contribution < -0.4 is 5.32 Å². The van der Waals surface area contributed by atoms with Crippen LogP contribution in [-0.4, -0.2) is 28.3 Å². The summed E-state index contributed by atoms with van der Waals surface area (Å²) in [5.74, 6) is 0.598. The van der Waals surface area contributed by atoms with Gasteiger partial charge in [-0.25, -0.2) is 14.8 Å². The highest BCUT2D eigenvalue weighted by molar-refractivity contribution is 6.30. The van der Waals surface area contributed by atoms with Crippen LogP contribution in [0.1, 0.15) is 63.0 Å². The molecule has 1 N–H and O–H groups in total. The molecule has 0 spiro atoms. The summed E-state index contributed by atoms with van der Waals surface area (Å²) in [5, 5.41) is 3.77. The maximum absolute atomic E-state index is 12.6. The Morgan fingerprint density at radius 3 is 2.39 bits per heavy atom. The van der Waals surface area contributed by atoms with E-state index in [9.17, 15) is 9.59 Å². The number of ketones is 1. The largest absolute Gasteiger partial charge is 0.462 e. The number of aryl methyl sites for hydroxylation is 3. The maximum Gasteiger partial charge on any atom is 0.344 e. The molecule has 0 aliphatic heterocycles. The van der Waals surface area contributed by atoms with Gasteiger partial charge in [0.15, 0.2) is 5.78 Å². The predicted octanol–water partition coefficient (Wildman–Crippen LogP) is 5.36. The number of benzene rings is 1. The Bertz CT molecular complexity index is 1140. The standard InChI is InChI=1S/C23H24ClN3O4/c1-6-30-23(29)20-19(13(3)28)14(4)31-22(20)27-21-18(12(2)25-15(5)26-21)11-16-7-9-17(24)10-8-16/h7-10H,6,11H2,1-5H3,(H,25,26,27). The van der Waals surface area contributed by atoms with Crippen molar-refractivity contribution in [2.24, 2.45) is 0 Å².